The fraction of sp³-hybridized carbons (Fsp3) is 0.333. The molecule has 0 bridgehead atoms. The molecule has 3 N–H and O–H groups in total. The van der Waals surface area contributed by atoms with Crippen LogP contribution in [-0.2, 0) is 11.2 Å². The second-order valence-electron chi connectivity index (χ2n) is 7.68. The predicted molar refractivity (Wildman–Crippen MR) is 116 cm³/mol. The molecule has 1 amide bonds. The SMILES string of the molecule is Nc1nc2ccc(Oc3ccccc3)cc2cc1CCNC(=O)C1CCCCC1. The number of benzene rings is 2. The van der Waals surface area contributed by atoms with E-state index in [1.807, 2.05) is 54.6 Å². The van der Waals surface area contributed by atoms with Gasteiger partial charge in [0.15, 0.2) is 0 Å². The van der Waals surface area contributed by atoms with Crippen molar-refractivity contribution in [3.05, 3.63) is 60.2 Å². The van der Waals surface area contributed by atoms with E-state index in [-0.39, 0.29) is 11.8 Å². The van der Waals surface area contributed by atoms with Gasteiger partial charge in [-0.15, -0.1) is 0 Å². The highest BCUT2D eigenvalue weighted by Gasteiger charge is 2.20. The first-order valence-corrected chi connectivity index (χ1v) is 10.4. The van der Waals surface area contributed by atoms with Crippen LogP contribution in [0, 0.1) is 5.92 Å². The first kappa shape index (κ1) is 19.2. The molecule has 1 saturated carbocycles. The number of ether oxygens (including phenoxy) is 1. The molecule has 2 aromatic carbocycles. The van der Waals surface area contributed by atoms with Gasteiger partial charge in [0.2, 0.25) is 5.91 Å². The summed E-state index contributed by atoms with van der Waals surface area (Å²) in [5.41, 5.74) is 7.93. The summed E-state index contributed by atoms with van der Waals surface area (Å²) < 4.78 is 5.92. The van der Waals surface area contributed by atoms with Gasteiger partial charge in [-0.1, -0.05) is 37.5 Å². The zero-order valence-corrected chi connectivity index (χ0v) is 16.6. The second-order valence-corrected chi connectivity index (χ2v) is 7.68. The van der Waals surface area contributed by atoms with Crippen molar-refractivity contribution in [1.29, 1.82) is 0 Å². The Bertz CT molecular complexity index is 982. The molecule has 0 aliphatic heterocycles. The summed E-state index contributed by atoms with van der Waals surface area (Å²) >= 11 is 0. The molecule has 5 nitrogen and oxygen atoms in total. The van der Waals surface area contributed by atoms with Gasteiger partial charge >= 0.3 is 0 Å². The first-order chi connectivity index (χ1) is 14.2. The Kier molecular flexibility index (Phi) is 5.94. The van der Waals surface area contributed by atoms with Gasteiger partial charge in [0.25, 0.3) is 0 Å². The van der Waals surface area contributed by atoms with E-state index in [1.54, 1.807) is 0 Å². The van der Waals surface area contributed by atoms with Crippen molar-refractivity contribution in [3.63, 3.8) is 0 Å². The number of para-hydroxylation sites is 1. The van der Waals surface area contributed by atoms with Crippen LogP contribution in [0.1, 0.15) is 37.7 Å². The van der Waals surface area contributed by atoms with Gasteiger partial charge < -0.3 is 15.8 Å². The summed E-state index contributed by atoms with van der Waals surface area (Å²) in [6, 6.07) is 17.5. The molecule has 0 unspecified atom stereocenters. The molecule has 150 valence electrons. The average Bonchev–Trinajstić information content (AvgIpc) is 2.75. The molecule has 0 saturated heterocycles. The van der Waals surface area contributed by atoms with E-state index in [2.05, 4.69) is 10.3 Å². The van der Waals surface area contributed by atoms with Gasteiger partial charge in [-0.25, -0.2) is 4.98 Å². The summed E-state index contributed by atoms with van der Waals surface area (Å²) in [4.78, 5) is 16.9. The highest BCUT2D eigenvalue weighted by Crippen LogP contribution is 2.27. The standard InChI is InChI=1S/C24H27N3O2/c25-23-18(13-14-26-24(28)17-7-3-1-4-8-17)15-19-16-21(11-12-22(19)27-23)29-20-9-5-2-6-10-20/h2,5-6,9-12,15-17H,1,3-4,7-8,13-14H2,(H2,25,27)(H,26,28). The summed E-state index contributed by atoms with van der Waals surface area (Å²) in [5.74, 6) is 2.41. The number of carbonyl (C=O) groups is 1. The molecular formula is C24H27N3O2. The topological polar surface area (TPSA) is 77.2 Å². The van der Waals surface area contributed by atoms with Gasteiger partial charge in [0.1, 0.15) is 17.3 Å². The van der Waals surface area contributed by atoms with Crippen LogP contribution in [0.3, 0.4) is 0 Å². The molecule has 3 aromatic rings. The van der Waals surface area contributed by atoms with Gasteiger partial charge in [0.05, 0.1) is 5.52 Å². The van der Waals surface area contributed by atoms with Crippen LogP contribution in [0.4, 0.5) is 5.82 Å². The third kappa shape index (κ3) is 4.86. The van der Waals surface area contributed by atoms with E-state index in [1.165, 1.54) is 6.42 Å². The highest BCUT2D eigenvalue weighted by molar-refractivity contribution is 5.83. The molecule has 29 heavy (non-hydrogen) atoms. The molecule has 4 rings (SSSR count). The number of hydrogen-bond donors (Lipinski definition) is 2. The van der Waals surface area contributed by atoms with Crippen molar-refractivity contribution < 1.29 is 9.53 Å². The molecule has 0 spiro atoms. The van der Waals surface area contributed by atoms with E-state index in [0.717, 1.165) is 53.6 Å². The Balaban J connectivity index is 1.43. The number of fused-ring (bicyclic) bond motifs is 1. The predicted octanol–water partition coefficient (Wildman–Crippen LogP) is 4.85. The third-order valence-corrected chi connectivity index (χ3v) is 5.55. The fourth-order valence-electron chi connectivity index (χ4n) is 3.93. The van der Waals surface area contributed by atoms with E-state index in [0.29, 0.717) is 18.8 Å². The summed E-state index contributed by atoms with van der Waals surface area (Å²) in [6.07, 6.45) is 6.25. The monoisotopic (exact) mass is 389 g/mol. The van der Waals surface area contributed by atoms with Crippen LogP contribution in [0.15, 0.2) is 54.6 Å². The van der Waals surface area contributed by atoms with E-state index in [9.17, 15) is 4.79 Å². The molecule has 1 aliphatic rings. The number of carbonyl (C=O) groups excluding carboxylic acids is 1. The lowest BCUT2D eigenvalue weighted by Crippen LogP contribution is -2.33. The average molecular weight is 389 g/mol. The van der Waals surface area contributed by atoms with Crippen LogP contribution >= 0.6 is 0 Å². The largest absolute Gasteiger partial charge is 0.457 e. The lowest BCUT2D eigenvalue weighted by molar-refractivity contribution is -0.125. The molecule has 1 heterocycles. The Morgan fingerprint density at radius 2 is 1.83 bits per heavy atom. The summed E-state index contributed by atoms with van der Waals surface area (Å²) in [5, 5.41) is 4.05. The van der Waals surface area contributed by atoms with Crippen molar-refractivity contribution in [2.45, 2.75) is 38.5 Å². The normalized spacial score (nSPS) is 14.6. The van der Waals surface area contributed by atoms with Gasteiger partial charge in [-0.3, -0.25) is 4.79 Å². The number of amides is 1. The highest BCUT2D eigenvalue weighted by atomic mass is 16.5. The number of aromatic nitrogens is 1. The van der Waals surface area contributed by atoms with E-state index in [4.69, 9.17) is 10.5 Å². The Labute approximate surface area is 171 Å². The first-order valence-electron chi connectivity index (χ1n) is 10.4. The second kappa shape index (κ2) is 8.95. The van der Waals surface area contributed by atoms with Crippen molar-refractivity contribution in [2.75, 3.05) is 12.3 Å². The number of rotatable bonds is 6. The molecular weight excluding hydrogens is 362 g/mol. The molecule has 1 aromatic heterocycles. The number of nitrogens with one attached hydrogen (secondary N) is 1. The summed E-state index contributed by atoms with van der Waals surface area (Å²) in [6.45, 7) is 0.576. The van der Waals surface area contributed by atoms with Gasteiger partial charge in [-0.05, 0) is 61.2 Å². The summed E-state index contributed by atoms with van der Waals surface area (Å²) in [7, 11) is 0. The van der Waals surface area contributed by atoms with Crippen molar-refractivity contribution >= 4 is 22.6 Å². The maximum Gasteiger partial charge on any atom is 0.223 e. The molecule has 1 aliphatic carbocycles. The van der Waals surface area contributed by atoms with E-state index >= 15 is 0 Å². The maximum absolute atomic E-state index is 12.3. The quantitative estimate of drug-likeness (QED) is 0.632. The zero-order valence-electron chi connectivity index (χ0n) is 16.6. The maximum atomic E-state index is 12.3. The Morgan fingerprint density at radius 3 is 2.62 bits per heavy atom. The fourth-order valence-corrected chi connectivity index (χ4v) is 3.93. The van der Waals surface area contributed by atoms with Crippen molar-refractivity contribution in [2.24, 2.45) is 5.92 Å². The van der Waals surface area contributed by atoms with Gasteiger partial charge in [-0.2, -0.15) is 0 Å². The number of anilines is 1. The number of nitrogen functional groups attached to an aromatic ring is 1. The smallest absolute Gasteiger partial charge is 0.223 e. The molecule has 0 radical (unpaired) electrons. The molecule has 0 atom stereocenters. The minimum Gasteiger partial charge on any atom is -0.457 e. The Hall–Kier alpha value is -3.08. The third-order valence-electron chi connectivity index (χ3n) is 5.55. The lowest BCUT2D eigenvalue weighted by atomic mass is 9.88. The number of hydrogen-bond acceptors (Lipinski definition) is 4. The number of nitrogens with two attached hydrogens (primary N) is 1. The van der Waals surface area contributed by atoms with Crippen molar-refractivity contribution in [3.8, 4) is 11.5 Å². The van der Waals surface area contributed by atoms with Crippen LogP contribution in [-0.4, -0.2) is 17.4 Å². The minimum atomic E-state index is 0.175. The van der Waals surface area contributed by atoms with Gasteiger partial charge in [0, 0.05) is 17.8 Å². The van der Waals surface area contributed by atoms with Crippen LogP contribution in [0.2, 0.25) is 0 Å². The number of nitrogens with zero attached hydrogens (tertiary/aromatic N) is 1. The minimum absolute atomic E-state index is 0.175. The zero-order chi connectivity index (χ0) is 20.1. The molecule has 1 fully saturated rings. The number of pyridine rings is 1. The Morgan fingerprint density at radius 1 is 1.03 bits per heavy atom. The lowest BCUT2D eigenvalue weighted by Gasteiger charge is -2.20. The van der Waals surface area contributed by atoms with Crippen LogP contribution in [0.5, 0.6) is 11.5 Å². The van der Waals surface area contributed by atoms with Crippen molar-refractivity contribution in [1.82, 2.24) is 10.3 Å². The molecule has 5 heteroatoms. The van der Waals surface area contributed by atoms with Crippen LogP contribution < -0.4 is 15.8 Å². The van der Waals surface area contributed by atoms with E-state index < -0.39 is 0 Å². The van der Waals surface area contributed by atoms with Crippen LogP contribution in [0.25, 0.3) is 10.9 Å².